The fourth-order valence-electron chi connectivity index (χ4n) is 3.30. The third kappa shape index (κ3) is 5.93. The van der Waals surface area contributed by atoms with Gasteiger partial charge in [-0.1, -0.05) is 0 Å². The summed E-state index contributed by atoms with van der Waals surface area (Å²) in [6.45, 7) is 5.92. The molecule has 0 aromatic heterocycles. The molecule has 148 valence electrons. The molecule has 0 spiro atoms. The van der Waals surface area contributed by atoms with Crippen LogP contribution in [0, 0.1) is 5.21 Å². The number of hydroxylamine groups is 1. The second kappa shape index (κ2) is 10.8. The van der Waals surface area contributed by atoms with Crippen molar-refractivity contribution in [3.05, 3.63) is 119 Å². The molecule has 29 heavy (non-hydrogen) atoms. The fourth-order valence-corrected chi connectivity index (χ4v) is 5.99. The van der Waals surface area contributed by atoms with Crippen LogP contribution in [0.4, 0.5) is 0 Å². The van der Waals surface area contributed by atoms with Crippen LogP contribution in [-0.4, -0.2) is 32.0 Å². The molecule has 0 aliphatic rings. The van der Waals surface area contributed by atoms with Crippen LogP contribution >= 0.6 is 0 Å². The molecule has 0 aliphatic heterocycles. The van der Waals surface area contributed by atoms with E-state index < -0.39 is 0 Å². The minimum atomic E-state index is -0.166. The van der Waals surface area contributed by atoms with Gasteiger partial charge < -0.3 is 0 Å². The summed E-state index contributed by atoms with van der Waals surface area (Å²) in [7, 11) is 0. The minimum absolute atomic E-state index is 0.137. The molecule has 0 saturated heterocycles. The summed E-state index contributed by atoms with van der Waals surface area (Å²) >= 11 is 0.137. The molecule has 3 aromatic rings. The second-order valence-electron chi connectivity index (χ2n) is 7.02. The topological polar surface area (TPSA) is 26.1 Å². The molecule has 0 fully saturated rings. The Balaban J connectivity index is 1.97. The molecule has 3 aromatic carbocycles. The molecule has 2 nitrogen and oxygen atoms in total. The van der Waals surface area contributed by atoms with Crippen LogP contribution in [0.25, 0.3) is 0 Å². The molecule has 0 bridgehead atoms. The van der Waals surface area contributed by atoms with Crippen molar-refractivity contribution in [1.82, 2.24) is 0 Å². The van der Waals surface area contributed by atoms with E-state index in [1.165, 1.54) is 15.6 Å². The van der Waals surface area contributed by atoms with Crippen molar-refractivity contribution < 1.29 is 4.74 Å². The first-order valence-corrected chi connectivity index (χ1v) is 11.8. The van der Waals surface area contributed by atoms with Gasteiger partial charge in [0.1, 0.15) is 0 Å². The van der Waals surface area contributed by atoms with E-state index in [2.05, 4.69) is 55.1 Å². The van der Waals surface area contributed by atoms with Crippen LogP contribution in [0.2, 0.25) is 0 Å². The van der Waals surface area contributed by atoms with E-state index in [1.807, 2.05) is 49.4 Å². The van der Waals surface area contributed by atoms with Gasteiger partial charge in [-0.2, -0.15) is 0 Å². The molecule has 0 heterocycles. The molecule has 3 rings (SSSR count). The summed E-state index contributed by atoms with van der Waals surface area (Å²) in [6, 6.07) is 28.7. The van der Waals surface area contributed by atoms with Gasteiger partial charge in [-0.3, -0.25) is 0 Å². The summed E-state index contributed by atoms with van der Waals surface area (Å²) in [5.74, 6) is 0. The number of rotatable bonds is 9. The average Bonchev–Trinajstić information content (AvgIpc) is 2.77. The Bertz CT molecular complexity index is 937. The van der Waals surface area contributed by atoms with Gasteiger partial charge in [-0.25, -0.2) is 0 Å². The van der Waals surface area contributed by atoms with Crippen LogP contribution in [0.5, 0.6) is 0 Å². The van der Waals surface area contributed by atoms with Gasteiger partial charge in [-0.15, -0.1) is 0 Å². The van der Waals surface area contributed by atoms with E-state index >= 15 is 0 Å². The monoisotopic (exact) mass is 449 g/mol. The van der Waals surface area contributed by atoms with E-state index in [0.717, 1.165) is 23.1 Å². The van der Waals surface area contributed by atoms with Crippen molar-refractivity contribution in [2.75, 3.05) is 0 Å². The van der Waals surface area contributed by atoms with Gasteiger partial charge in [0, 0.05) is 0 Å². The van der Waals surface area contributed by atoms with E-state index in [-0.39, 0.29) is 25.8 Å². The van der Waals surface area contributed by atoms with E-state index in [1.54, 1.807) is 6.21 Å². The molecule has 0 radical (unpaired) electrons. The van der Waals surface area contributed by atoms with Crippen molar-refractivity contribution >= 4 is 25.6 Å². The van der Waals surface area contributed by atoms with Crippen LogP contribution in [-0.2, 0) is 6.42 Å². The van der Waals surface area contributed by atoms with Gasteiger partial charge >= 0.3 is 180 Å². The van der Waals surface area contributed by atoms with Crippen molar-refractivity contribution in [3.8, 4) is 0 Å². The first kappa shape index (κ1) is 21.1. The zero-order chi connectivity index (χ0) is 20.5. The molecule has 3 heteroatoms. The Morgan fingerprint density at radius 1 is 0.931 bits per heavy atom. The molecular weight excluding hydrogens is 421 g/mol. The number of hydrogen-bond acceptors (Lipinski definition) is 1. The van der Waals surface area contributed by atoms with E-state index in [9.17, 15) is 5.21 Å². The molecule has 0 aliphatic carbocycles. The number of benzene rings is 3. The third-order valence-corrected chi connectivity index (χ3v) is 7.94. The molecular formula is C26H27NOSe. The first-order valence-electron chi connectivity index (χ1n) is 9.95. The molecule has 0 amide bonds. The third-order valence-electron chi connectivity index (χ3n) is 4.90. The van der Waals surface area contributed by atoms with Gasteiger partial charge in [0.2, 0.25) is 0 Å². The van der Waals surface area contributed by atoms with Crippen LogP contribution in [0.15, 0.2) is 97.6 Å². The Kier molecular flexibility index (Phi) is 7.86. The standard InChI is InChI=1S/C26H27NOSe/c1-3-4-15-23-16-11-12-19-25(23)26(29-24-17-9-6-10-18-24)21(2)27(28)20-22-13-7-5-8-14-22/h3,5-14,16-21,26H,1,4,15H2,2H3/b27-20-/t21-,26-/m1/s1. The normalized spacial score (nSPS) is 13.6. The van der Waals surface area contributed by atoms with Gasteiger partial charge in [0.25, 0.3) is 0 Å². The van der Waals surface area contributed by atoms with Crippen LogP contribution < -0.4 is 4.46 Å². The van der Waals surface area contributed by atoms with Crippen molar-refractivity contribution in [2.45, 2.75) is 30.6 Å². The van der Waals surface area contributed by atoms with E-state index in [0.29, 0.717) is 0 Å². The number of aryl methyl sites for hydroxylation is 1. The second-order valence-corrected chi connectivity index (χ2v) is 9.57. The SMILES string of the molecule is C=CCCc1ccccc1[C@H]([Se]c1ccccc1)[C@@H](C)/[N+]([O-])=C/c1ccccc1. The zero-order valence-corrected chi connectivity index (χ0v) is 18.5. The molecule has 0 N–H and O–H groups in total. The predicted octanol–water partition coefficient (Wildman–Crippen LogP) is 4.89. The molecule has 0 unspecified atom stereocenters. The predicted molar refractivity (Wildman–Crippen MR) is 124 cm³/mol. The van der Waals surface area contributed by atoms with Gasteiger partial charge in [0.05, 0.1) is 0 Å². The summed E-state index contributed by atoms with van der Waals surface area (Å²) in [6.07, 6.45) is 5.56. The number of nitrogens with zero attached hydrogens (tertiary/aromatic N) is 1. The van der Waals surface area contributed by atoms with Crippen molar-refractivity contribution in [3.63, 3.8) is 0 Å². The van der Waals surface area contributed by atoms with Crippen LogP contribution in [0.1, 0.15) is 34.9 Å². The summed E-state index contributed by atoms with van der Waals surface area (Å²) in [5, 5.41) is 13.1. The average molecular weight is 448 g/mol. The quantitative estimate of drug-likeness (QED) is 0.114. The van der Waals surface area contributed by atoms with Gasteiger partial charge in [0.15, 0.2) is 0 Å². The summed E-state index contributed by atoms with van der Waals surface area (Å²) in [4.78, 5) is 0.156. The Hall–Kier alpha value is -2.61. The van der Waals surface area contributed by atoms with Crippen LogP contribution in [0.3, 0.4) is 0 Å². The maximum absolute atomic E-state index is 13.1. The van der Waals surface area contributed by atoms with Gasteiger partial charge in [-0.05, 0) is 0 Å². The summed E-state index contributed by atoms with van der Waals surface area (Å²) < 4.78 is 2.44. The zero-order valence-electron chi connectivity index (χ0n) is 16.8. The molecule has 0 saturated carbocycles. The number of hydrogen-bond donors (Lipinski definition) is 0. The van der Waals surface area contributed by atoms with Crippen molar-refractivity contribution in [2.24, 2.45) is 0 Å². The maximum atomic E-state index is 13.1. The molecule has 2 atom stereocenters. The number of allylic oxidation sites excluding steroid dienone is 1. The fraction of sp³-hybridized carbons (Fsp3) is 0.192. The van der Waals surface area contributed by atoms with E-state index in [4.69, 9.17) is 0 Å². The Labute approximate surface area is 180 Å². The first-order chi connectivity index (χ1) is 14.2. The summed E-state index contributed by atoms with van der Waals surface area (Å²) in [5.41, 5.74) is 3.53. The van der Waals surface area contributed by atoms with Crippen molar-refractivity contribution in [1.29, 1.82) is 0 Å². The Morgan fingerprint density at radius 3 is 2.24 bits per heavy atom. The Morgan fingerprint density at radius 2 is 1.55 bits per heavy atom.